The number of hydrogen-bond donors (Lipinski definition) is 0. The summed E-state index contributed by atoms with van der Waals surface area (Å²) in [5, 5.41) is 0.970. The number of rotatable bonds is 7. The fourth-order valence-corrected chi connectivity index (χ4v) is 7.24. The van der Waals surface area contributed by atoms with Gasteiger partial charge in [-0.15, -0.1) is 0 Å². The van der Waals surface area contributed by atoms with E-state index in [9.17, 15) is 4.79 Å². The molecule has 0 unspecified atom stereocenters. The van der Waals surface area contributed by atoms with Crippen LogP contribution < -0.4 is 0 Å². The molecule has 0 amide bonds. The summed E-state index contributed by atoms with van der Waals surface area (Å²) >= 11 is 14.4. The minimum Gasteiger partial charge on any atom is -0.289 e. The van der Waals surface area contributed by atoms with Gasteiger partial charge in [0.15, 0.2) is 20.5 Å². The first-order valence-corrected chi connectivity index (χ1v) is 14.1. The molecule has 0 bridgehead atoms. The van der Waals surface area contributed by atoms with Crippen molar-refractivity contribution < 1.29 is 4.79 Å². The van der Waals surface area contributed by atoms with Crippen LogP contribution in [0.15, 0.2) is 152 Å². The maximum Gasteiger partial charge on any atom is 0.194 e. The maximum atomic E-state index is 12.9. The predicted molar refractivity (Wildman–Crippen MR) is 152 cm³/mol. The van der Waals surface area contributed by atoms with Crippen molar-refractivity contribution in [2.45, 2.75) is 24.5 Å². The van der Waals surface area contributed by atoms with Crippen molar-refractivity contribution >= 4 is 51.6 Å². The highest BCUT2D eigenvalue weighted by Gasteiger charge is 2.28. The molecule has 5 heteroatoms. The molecular formula is C31H21Cl2OS2+. The lowest BCUT2D eigenvalue weighted by molar-refractivity contribution is 0.103. The number of ketones is 1. The van der Waals surface area contributed by atoms with E-state index in [-0.39, 0.29) is 16.7 Å². The molecule has 0 saturated heterocycles. The molecule has 0 aliphatic carbocycles. The van der Waals surface area contributed by atoms with E-state index >= 15 is 0 Å². The number of hydrogen-bond acceptors (Lipinski definition) is 2. The standard InChI is InChI=1S/C31H21Cl2OS2/c32-28-14-8-7-13-27(28)31(34)22-15-20-30(29(33)21-22)35-23-16-18-26(19-17-23)36(24-9-3-1-4-10-24)25-11-5-2-6-12-25/h1-21H/q+1. The van der Waals surface area contributed by atoms with Crippen molar-refractivity contribution in [1.82, 2.24) is 0 Å². The Labute approximate surface area is 228 Å². The van der Waals surface area contributed by atoms with Crippen molar-refractivity contribution in [3.05, 3.63) is 149 Å². The molecule has 5 aromatic carbocycles. The van der Waals surface area contributed by atoms with E-state index < -0.39 is 0 Å². The summed E-state index contributed by atoms with van der Waals surface area (Å²) in [6.45, 7) is 0. The summed E-state index contributed by atoms with van der Waals surface area (Å²) in [6, 6.07) is 42.3. The zero-order valence-corrected chi connectivity index (χ0v) is 22.2. The van der Waals surface area contributed by atoms with Crippen LogP contribution in [0.3, 0.4) is 0 Å². The quantitative estimate of drug-likeness (QED) is 0.150. The van der Waals surface area contributed by atoms with Gasteiger partial charge in [0, 0.05) is 20.9 Å². The van der Waals surface area contributed by atoms with Crippen LogP contribution in [0.5, 0.6) is 0 Å². The van der Waals surface area contributed by atoms with Gasteiger partial charge in [-0.25, -0.2) is 0 Å². The summed E-state index contributed by atoms with van der Waals surface area (Å²) in [5.74, 6) is -0.141. The van der Waals surface area contributed by atoms with Gasteiger partial charge in [-0.3, -0.25) is 4.79 Å². The third kappa shape index (κ3) is 5.55. The van der Waals surface area contributed by atoms with Gasteiger partial charge >= 0.3 is 0 Å². The highest BCUT2D eigenvalue weighted by Crippen LogP contribution is 2.37. The van der Waals surface area contributed by atoms with E-state index in [1.165, 1.54) is 14.7 Å². The first-order valence-electron chi connectivity index (χ1n) is 11.3. The second kappa shape index (κ2) is 11.4. The average Bonchev–Trinajstić information content (AvgIpc) is 2.92. The second-order valence-corrected chi connectivity index (χ2v) is 11.9. The molecule has 1 nitrogen and oxygen atoms in total. The lowest BCUT2D eigenvalue weighted by Crippen LogP contribution is -2.04. The number of halogens is 2. The largest absolute Gasteiger partial charge is 0.289 e. The van der Waals surface area contributed by atoms with Crippen molar-refractivity contribution in [1.29, 1.82) is 0 Å². The third-order valence-electron chi connectivity index (χ3n) is 5.56. The first-order chi connectivity index (χ1) is 17.6. The lowest BCUT2D eigenvalue weighted by Gasteiger charge is -2.10. The summed E-state index contributed by atoms with van der Waals surface area (Å²) in [4.78, 5) is 18.7. The molecule has 0 fully saturated rings. The minimum atomic E-state index is -0.186. The fourth-order valence-electron chi connectivity index (χ4n) is 3.82. The predicted octanol–water partition coefficient (Wildman–Crippen LogP) is 9.47. The zero-order valence-electron chi connectivity index (χ0n) is 19.1. The van der Waals surface area contributed by atoms with Crippen molar-refractivity contribution in [2.24, 2.45) is 0 Å². The fraction of sp³-hybridized carbons (Fsp3) is 0. The Morgan fingerprint density at radius 1 is 0.583 bits per heavy atom. The Morgan fingerprint density at radius 3 is 1.72 bits per heavy atom. The minimum absolute atomic E-state index is 0.141. The summed E-state index contributed by atoms with van der Waals surface area (Å²) < 4.78 is 0. The van der Waals surface area contributed by atoms with Crippen LogP contribution in [0.25, 0.3) is 0 Å². The van der Waals surface area contributed by atoms with Crippen LogP contribution in [-0.4, -0.2) is 5.78 Å². The Kier molecular flexibility index (Phi) is 7.84. The molecular weight excluding hydrogens is 523 g/mol. The first kappa shape index (κ1) is 24.7. The van der Waals surface area contributed by atoms with Gasteiger partial charge in [0.05, 0.1) is 20.9 Å². The molecule has 0 aliphatic rings. The van der Waals surface area contributed by atoms with Crippen LogP contribution in [-0.2, 0) is 10.9 Å². The van der Waals surface area contributed by atoms with Crippen molar-refractivity contribution in [3.63, 3.8) is 0 Å². The SMILES string of the molecule is O=C(c1ccc(Sc2ccc([S+](c3ccccc3)c3ccccc3)cc2)c(Cl)c1)c1ccccc1Cl. The molecule has 0 heterocycles. The molecule has 0 saturated carbocycles. The Hall–Kier alpha value is -2.95. The maximum absolute atomic E-state index is 12.9. The van der Waals surface area contributed by atoms with E-state index in [0.717, 1.165) is 9.79 Å². The van der Waals surface area contributed by atoms with Crippen molar-refractivity contribution in [2.75, 3.05) is 0 Å². The monoisotopic (exact) mass is 543 g/mol. The van der Waals surface area contributed by atoms with E-state index in [0.29, 0.717) is 21.2 Å². The molecule has 176 valence electrons. The van der Waals surface area contributed by atoms with Crippen LogP contribution in [0.4, 0.5) is 0 Å². The normalized spacial score (nSPS) is 11.0. The zero-order chi connectivity index (χ0) is 24.9. The Balaban J connectivity index is 1.38. The average molecular weight is 545 g/mol. The Morgan fingerprint density at radius 2 is 1.14 bits per heavy atom. The van der Waals surface area contributed by atoms with Gasteiger partial charge in [-0.1, -0.05) is 83.5 Å². The van der Waals surface area contributed by atoms with Crippen LogP contribution in [0, 0.1) is 0 Å². The number of benzene rings is 5. The highest BCUT2D eigenvalue weighted by molar-refractivity contribution is 7.99. The molecule has 0 radical (unpaired) electrons. The van der Waals surface area contributed by atoms with Gasteiger partial charge in [0.1, 0.15) is 0 Å². The van der Waals surface area contributed by atoms with Crippen LogP contribution in [0.1, 0.15) is 15.9 Å². The molecule has 5 rings (SSSR count). The molecule has 0 N–H and O–H groups in total. The molecule has 0 aliphatic heterocycles. The molecule has 5 aromatic rings. The van der Waals surface area contributed by atoms with Crippen LogP contribution in [0.2, 0.25) is 10.0 Å². The van der Waals surface area contributed by atoms with Gasteiger partial charge < -0.3 is 0 Å². The molecule has 36 heavy (non-hydrogen) atoms. The lowest BCUT2D eigenvalue weighted by atomic mass is 10.0. The van der Waals surface area contributed by atoms with Crippen LogP contribution >= 0.6 is 35.0 Å². The molecule has 0 aromatic heterocycles. The second-order valence-electron chi connectivity index (χ2n) is 7.96. The van der Waals surface area contributed by atoms with E-state index in [2.05, 4.69) is 72.8 Å². The summed E-state index contributed by atoms with van der Waals surface area (Å²) in [5.41, 5.74) is 0.987. The number of carbonyl (C=O) groups is 1. The summed E-state index contributed by atoms with van der Waals surface area (Å²) in [7, 11) is -0.186. The summed E-state index contributed by atoms with van der Waals surface area (Å²) in [6.07, 6.45) is 0. The van der Waals surface area contributed by atoms with Gasteiger partial charge in [-0.2, -0.15) is 0 Å². The number of carbonyl (C=O) groups excluding carboxylic acids is 1. The van der Waals surface area contributed by atoms with E-state index in [1.54, 1.807) is 48.2 Å². The van der Waals surface area contributed by atoms with Crippen molar-refractivity contribution in [3.8, 4) is 0 Å². The van der Waals surface area contributed by atoms with Gasteiger partial charge in [0.25, 0.3) is 0 Å². The third-order valence-corrected chi connectivity index (χ3v) is 9.63. The van der Waals surface area contributed by atoms with E-state index in [4.69, 9.17) is 23.2 Å². The molecule has 0 atom stereocenters. The van der Waals surface area contributed by atoms with Gasteiger partial charge in [-0.05, 0) is 78.9 Å². The highest BCUT2D eigenvalue weighted by atomic mass is 35.5. The van der Waals surface area contributed by atoms with E-state index in [1.807, 2.05) is 18.2 Å². The van der Waals surface area contributed by atoms with Gasteiger partial charge in [0.2, 0.25) is 0 Å². The topological polar surface area (TPSA) is 17.1 Å². The Bertz CT molecular complexity index is 1450. The smallest absolute Gasteiger partial charge is 0.194 e. The molecule has 0 spiro atoms.